The van der Waals surface area contributed by atoms with Crippen molar-refractivity contribution in [2.24, 2.45) is 0 Å². The van der Waals surface area contributed by atoms with Crippen LogP contribution in [0.15, 0.2) is 24.3 Å². The Morgan fingerprint density at radius 3 is 2.12 bits per heavy atom. The van der Waals surface area contributed by atoms with Crippen molar-refractivity contribution in [2.75, 3.05) is 26.4 Å². The Bertz CT molecular complexity index is 718. The van der Waals surface area contributed by atoms with Gasteiger partial charge in [0.05, 0.1) is 6.61 Å². The second-order valence-corrected chi connectivity index (χ2v) is 9.56. The van der Waals surface area contributed by atoms with Crippen molar-refractivity contribution in [3.63, 3.8) is 0 Å². The Hall–Kier alpha value is -2.20. The minimum Gasteiger partial charge on any atom is -0.490 e. The van der Waals surface area contributed by atoms with Gasteiger partial charge in [0.25, 0.3) is 0 Å². The number of ether oxygens (including phenoxy) is 2. The van der Waals surface area contributed by atoms with Crippen LogP contribution < -0.4 is 9.47 Å². The highest BCUT2D eigenvalue weighted by Gasteiger charge is 2.39. The standard InChI is InChI=1S/C23H36O8Si/c1-5-27-21-18-19(14-16-22(24)25)13-15-20(21)31-23(26)12-10-9-11-17-32(28-6-2,29-7-3)30-8-4/h13-16,18H,5-12,17H2,1-4H3,(H,24,25)/b16-14+. The maximum absolute atomic E-state index is 12.3. The van der Waals surface area contributed by atoms with Crippen LogP contribution in [0.4, 0.5) is 0 Å². The van der Waals surface area contributed by atoms with E-state index in [9.17, 15) is 9.59 Å². The van der Waals surface area contributed by atoms with E-state index in [1.165, 1.54) is 6.08 Å². The molecule has 0 fully saturated rings. The molecule has 0 atom stereocenters. The summed E-state index contributed by atoms with van der Waals surface area (Å²) >= 11 is 0. The van der Waals surface area contributed by atoms with E-state index in [2.05, 4.69) is 0 Å². The Morgan fingerprint density at radius 2 is 1.56 bits per heavy atom. The Kier molecular flexibility index (Phi) is 13.5. The molecule has 9 heteroatoms. The normalized spacial score (nSPS) is 11.6. The maximum Gasteiger partial charge on any atom is 0.500 e. The summed E-state index contributed by atoms with van der Waals surface area (Å²) in [6.07, 6.45) is 5.11. The molecule has 0 saturated carbocycles. The zero-order chi connectivity index (χ0) is 23.8. The van der Waals surface area contributed by atoms with Crippen LogP contribution in [0.5, 0.6) is 11.5 Å². The third-order valence-electron chi connectivity index (χ3n) is 4.37. The van der Waals surface area contributed by atoms with E-state index in [1.54, 1.807) is 18.2 Å². The summed E-state index contributed by atoms with van der Waals surface area (Å²) in [6, 6.07) is 5.64. The topological polar surface area (TPSA) is 101 Å². The zero-order valence-corrected chi connectivity index (χ0v) is 20.6. The van der Waals surface area contributed by atoms with Crippen LogP contribution in [0.3, 0.4) is 0 Å². The van der Waals surface area contributed by atoms with E-state index < -0.39 is 14.8 Å². The van der Waals surface area contributed by atoms with Gasteiger partial charge in [-0.1, -0.05) is 12.5 Å². The Labute approximate surface area is 191 Å². The van der Waals surface area contributed by atoms with Crippen LogP contribution >= 0.6 is 0 Å². The molecule has 1 rings (SSSR count). The van der Waals surface area contributed by atoms with E-state index in [0.717, 1.165) is 25.0 Å². The lowest BCUT2D eigenvalue weighted by atomic mass is 10.2. The number of hydrogen-bond acceptors (Lipinski definition) is 7. The van der Waals surface area contributed by atoms with Crippen molar-refractivity contribution in [1.82, 2.24) is 0 Å². The van der Waals surface area contributed by atoms with E-state index in [0.29, 0.717) is 49.9 Å². The molecule has 1 aromatic carbocycles. The number of carboxylic acid groups (broad SMARTS) is 1. The molecule has 0 saturated heterocycles. The molecule has 0 aliphatic carbocycles. The number of unbranched alkanes of at least 4 members (excludes halogenated alkanes) is 2. The first-order chi connectivity index (χ1) is 15.4. The van der Waals surface area contributed by atoms with E-state index in [4.69, 9.17) is 27.9 Å². The SMILES string of the molecule is CCOc1cc(/C=C/C(=O)O)ccc1OC(=O)CCCCC[Si](OCC)(OCC)OCC. The maximum atomic E-state index is 12.3. The fourth-order valence-corrected chi connectivity index (χ4v) is 5.80. The van der Waals surface area contributed by atoms with Gasteiger partial charge in [-0.2, -0.15) is 0 Å². The van der Waals surface area contributed by atoms with Gasteiger partial charge in [0.2, 0.25) is 0 Å². The van der Waals surface area contributed by atoms with Crippen LogP contribution in [-0.2, 0) is 22.9 Å². The van der Waals surface area contributed by atoms with Gasteiger partial charge in [0.15, 0.2) is 11.5 Å². The van der Waals surface area contributed by atoms with Gasteiger partial charge in [-0.25, -0.2) is 4.79 Å². The summed E-state index contributed by atoms with van der Waals surface area (Å²) in [6.45, 7) is 9.65. The summed E-state index contributed by atoms with van der Waals surface area (Å²) in [5.41, 5.74) is 0.640. The van der Waals surface area contributed by atoms with Gasteiger partial charge in [0.1, 0.15) is 0 Å². The first kappa shape index (κ1) is 27.8. The molecule has 0 spiro atoms. The first-order valence-corrected chi connectivity index (χ1v) is 13.1. The molecule has 1 aromatic rings. The molecule has 0 aliphatic rings. The Balaban J connectivity index is 2.57. The predicted molar refractivity (Wildman–Crippen MR) is 124 cm³/mol. The summed E-state index contributed by atoms with van der Waals surface area (Å²) in [5, 5.41) is 8.76. The summed E-state index contributed by atoms with van der Waals surface area (Å²) in [7, 11) is -2.64. The number of aliphatic carboxylic acids is 1. The van der Waals surface area contributed by atoms with Crippen molar-refractivity contribution in [3.05, 3.63) is 29.8 Å². The van der Waals surface area contributed by atoms with E-state index in [-0.39, 0.29) is 12.4 Å². The second kappa shape index (κ2) is 15.6. The quantitative estimate of drug-likeness (QED) is 0.115. The number of carbonyl (C=O) groups excluding carboxylic acids is 1. The first-order valence-electron chi connectivity index (χ1n) is 11.2. The molecule has 0 radical (unpaired) electrons. The smallest absolute Gasteiger partial charge is 0.490 e. The molecule has 0 aliphatic heterocycles. The number of esters is 1. The monoisotopic (exact) mass is 468 g/mol. The molecule has 0 aromatic heterocycles. The zero-order valence-electron chi connectivity index (χ0n) is 19.6. The van der Waals surface area contributed by atoms with Crippen LogP contribution in [0, 0.1) is 0 Å². The molecule has 1 N–H and O–H groups in total. The molecular weight excluding hydrogens is 432 g/mol. The van der Waals surface area contributed by atoms with Gasteiger partial charge in [-0.3, -0.25) is 4.79 Å². The van der Waals surface area contributed by atoms with E-state index in [1.807, 2.05) is 27.7 Å². The molecule has 32 heavy (non-hydrogen) atoms. The van der Waals surface area contributed by atoms with Gasteiger partial charge in [-0.05, 0) is 64.3 Å². The van der Waals surface area contributed by atoms with Gasteiger partial charge >= 0.3 is 20.7 Å². The van der Waals surface area contributed by atoms with Crippen molar-refractivity contribution >= 4 is 26.8 Å². The highest BCUT2D eigenvalue weighted by molar-refractivity contribution is 6.60. The number of carboxylic acids is 1. The van der Waals surface area contributed by atoms with Crippen LogP contribution in [0.1, 0.15) is 58.9 Å². The van der Waals surface area contributed by atoms with Gasteiger partial charge in [-0.15, -0.1) is 0 Å². The third kappa shape index (κ3) is 10.4. The molecule has 0 heterocycles. The highest BCUT2D eigenvalue weighted by atomic mass is 28.4. The fraction of sp³-hybridized carbons (Fsp3) is 0.565. The molecule has 180 valence electrons. The van der Waals surface area contributed by atoms with E-state index >= 15 is 0 Å². The second-order valence-electron chi connectivity index (χ2n) is 6.83. The lowest BCUT2D eigenvalue weighted by molar-refractivity contribution is -0.134. The molecule has 8 nitrogen and oxygen atoms in total. The number of benzene rings is 1. The Morgan fingerprint density at radius 1 is 0.906 bits per heavy atom. The summed E-state index contributed by atoms with van der Waals surface area (Å²) < 4.78 is 28.5. The molecule has 0 unspecified atom stereocenters. The molecule has 0 amide bonds. The number of hydrogen-bond donors (Lipinski definition) is 1. The minimum atomic E-state index is -2.64. The summed E-state index contributed by atoms with van der Waals surface area (Å²) in [4.78, 5) is 23.0. The number of rotatable bonds is 17. The minimum absolute atomic E-state index is 0.276. The van der Waals surface area contributed by atoms with Crippen molar-refractivity contribution < 1.29 is 37.4 Å². The predicted octanol–water partition coefficient (Wildman–Crippen LogP) is 4.70. The molecular formula is C23H36O8Si. The van der Waals surface area contributed by atoms with Crippen molar-refractivity contribution in [1.29, 1.82) is 0 Å². The van der Waals surface area contributed by atoms with Gasteiger partial charge in [0, 0.05) is 38.4 Å². The number of carbonyl (C=O) groups is 2. The average Bonchev–Trinajstić information content (AvgIpc) is 2.74. The fourth-order valence-electron chi connectivity index (χ4n) is 3.11. The van der Waals surface area contributed by atoms with Crippen LogP contribution in [-0.4, -0.2) is 52.3 Å². The van der Waals surface area contributed by atoms with Crippen LogP contribution in [0.25, 0.3) is 6.08 Å². The van der Waals surface area contributed by atoms with Crippen LogP contribution in [0.2, 0.25) is 6.04 Å². The van der Waals surface area contributed by atoms with Crippen molar-refractivity contribution in [2.45, 2.75) is 59.4 Å². The highest BCUT2D eigenvalue weighted by Crippen LogP contribution is 2.29. The van der Waals surface area contributed by atoms with Crippen molar-refractivity contribution in [3.8, 4) is 11.5 Å². The summed E-state index contributed by atoms with van der Waals surface area (Å²) in [5.74, 6) is -0.668. The largest absolute Gasteiger partial charge is 0.500 e. The average molecular weight is 469 g/mol. The lowest BCUT2D eigenvalue weighted by Gasteiger charge is -2.28. The lowest BCUT2D eigenvalue weighted by Crippen LogP contribution is -2.45. The van der Waals surface area contributed by atoms with Gasteiger partial charge < -0.3 is 27.9 Å². The third-order valence-corrected chi connectivity index (χ3v) is 7.52. The molecule has 0 bridgehead atoms.